The molecule has 0 aromatic heterocycles. The van der Waals surface area contributed by atoms with E-state index in [1.165, 1.54) is 0 Å². The maximum atomic E-state index is 5.78. The highest BCUT2D eigenvalue weighted by Crippen LogP contribution is 2.28. The molecule has 0 spiro atoms. The average molecular weight is 240 g/mol. The summed E-state index contributed by atoms with van der Waals surface area (Å²) in [6.45, 7) is 1.93. The minimum atomic E-state index is 0.649. The van der Waals surface area contributed by atoms with Crippen molar-refractivity contribution in [1.82, 2.24) is 0 Å². The van der Waals surface area contributed by atoms with Crippen molar-refractivity contribution in [3.8, 4) is 0 Å². The second kappa shape index (κ2) is 3.12. The third kappa shape index (κ3) is 1.66. The molecular formula is C7H5BrCl2. The number of rotatable bonds is 0. The lowest BCUT2D eigenvalue weighted by Gasteiger charge is -1.99. The fourth-order valence-corrected chi connectivity index (χ4v) is 1.46. The molecule has 0 unspecified atom stereocenters. The van der Waals surface area contributed by atoms with E-state index in [1.807, 2.05) is 13.0 Å². The molecule has 0 fully saturated rings. The molecule has 0 radical (unpaired) electrons. The molecule has 0 aliphatic rings. The minimum absolute atomic E-state index is 0.649. The van der Waals surface area contributed by atoms with Gasteiger partial charge in [0.1, 0.15) is 0 Å². The monoisotopic (exact) mass is 238 g/mol. The fraction of sp³-hybridized carbons (Fsp3) is 0.143. The van der Waals surface area contributed by atoms with Gasteiger partial charge in [-0.15, -0.1) is 0 Å². The van der Waals surface area contributed by atoms with Gasteiger partial charge < -0.3 is 0 Å². The van der Waals surface area contributed by atoms with Crippen LogP contribution in [0.15, 0.2) is 16.6 Å². The second-order valence-corrected chi connectivity index (χ2v) is 3.68. The standard InChI is InChI=1S/C7H5BrCl2/c1-4-2-5(8)7(10)3-6(4)9/h2-3H,1H3. The molecule has 0 aliphatic carbocycles. The Hall–Kier alpha value is 0.280. The van der Waals surface area contributed by atoms with Gasteiger partial charge in [0, 0.05) is 9.50 Å². The Labute approximate surface area is 78.3 Å². The lowest BCUT2D eigenvalue weighted by atomic mass is 10.2. The third-order valence-electron chi connectivity index (χ3n) is 1.20. The molecule has 0 N–H and O–H groups in total. The number of halogens is 3. The van der Waals surface area contributed by atoms with Crippen LogP contribution in [0.2, 0.25) is 10.0 Å². The van der Waals surface area contributed by atoms with Crippen LogP contribution in [0.25, 0.3) is 0 Å². The van der Waals surface area contributed by atoms with Gasteiger partial charge in [-0.2, -0.15) is 0 Å². The van der Waals surface area contributed by atoms with Crippen molar-refractivity contribution in [2.45, 2.75) is 6.92 Å². The summed E-state index contributed by atoms with van der Waals surface area (Å²) < 4.78 is 0.885. The van der Waals surface area contributed by atoms with E-state index in [-0.39, 0.29) is 0 Å². The largest absolute Gasteiger partial charge is 0.0840 e. The average Bonchev–Trinajstić information content (AvgIpc) is 1.84. The topological polar surface area (TPSA) is 0 Å². The van der Waals surface area contributed by atoms with E-state index in [9.17, 15) is 0 Å². The van der Waals surface area contributed by atoms with Crippen LogP contribution in [0.3, 0.4) is 0 Å². The summed E-state index contributed by atoms with van der Waals surface area (Å²) in [5, 5.41) is 1.35. The Morgan fingerprint density at radius 3 is 2.30 bits per heavy atom. The van der Waals surface area contributed by atoms with Crippen molar-refractivity contribution in [2.24, 2.45) is 0 Å². The first-order valence-electron chi connectivity index (χ1n) is 2.72. The van der Waals surface area contributed by atoms with E-state index >= 15 is 0 Å². The van der Waals surface area contributed by atoms with Gasteiger partial charge in [0.15, 0.2) is 0 Å². The number of aryl methyl sites for hydroxylation is 1. The summed E-state index contributed by atoms with van der Waals surface area (Å²) >= 11 is 14.8. The molecule has 3 heteroatoms. The number of hydrogen-bond donors (Lipinski definition) is 0. The van der Waals surface area contributed by atoms with Crippen molar-refractivity contribution in [1.29, 1.82) is 0 Å². The predicted molar refractivity (Wildman–Crippen MR) is 48.9 cm³/mol. The van der Waals surface area contributed by atoms with Gasteiger partial charge >= 0.3 is 0 Å². The minimum Gasteiger partial charge on any atom is -0.0840 e. The van der Waals surface area contributed by atoms with E-state index in [0.29, 0.717) is 10.0 Å². The van der Waals surface area contributed by atoms with Crippen molar-refractivity contribution in [2.75, 3.05) is 0 Å². The number of benzene rings is 1. The first-order chi connectivity index (χ1) is 4.61. The van der Waals surface area contributed by atoms with Gasteiger partial charge in [-0.25, -0.2) is 0 Å². The molecule has 54 valence electrons. The summed E-state index contributed by atoms with van der Waals surface area (Å²) in [6, 6.07) is 3.62. The van der Waals surface area contributed by atoms with Gasteiger partial charge in [0.05, 0.1) is 5.02 Å². The van der Waals surface area contributed by atoms with Crippen LogP contribution in [0.4, 0.5) is 0 Å². The Bertz CT molecular complexity index is 208. The normalized spacial score (nSPS) is 10.0. The van der Waals surface area contributed by atoms with Crippen molar-refractivity contribution in [3.05, 3.63) is 32.2 Å². The zero-order valence-electron chi connectivity index (χ0n) is 5.29. The summed E-state index contributed by atoms with van der Waals surface area (Å²) in [7, 11) is 0. The molecule has 1 aromatic carbocycles. The Balaban J connectivity index is 3.28. The Morgan fingerprint density at radius 2 is 1.80 bits per heavy atom. The Morgan fingerprint density at radius 1 is 1.20 bits per heavy atom. The van der Waals surface area contributed by atoms with E-state index < -0.39 is 0 Å². The fourth-order valence-electron chi connectivity index (χ4n) is 0.622. The molecule has 0 heterocycles. The maximum absolute atomic E-state index is 5.78. The van der Waals surface area contributed by atoms with Crippen LogP contribution in [0, 0.1) is 6.92 Å². The lowest BCUT2D eigenvalue weighted by molar-refractivity contribution is 1.45. The van der Waals surface area contributed by atoms with Crippen LogP contribution >= 0.6 is 39.1 Å². The molecule has 0 nitrogen and oxygen atoms in total. The van der Waals surface area contributed by atoms with Crippen LogP contribution in [0.5, 0.6) is 0 Å². The highest BCUT2D eigenvalue weighted by Gasteiger charge is 2.00. The van der Waals surface area contributed by atoms with E-state index in [4.69, 9.17) is 23.2 Å². The van der Waals surface area contributed by atoms with Crippen LogP contribution in [0.1, 0.15) is 5.56 Å². The van der Waals surface area contributed by atoms with Crippen LogP contribution in [-0.2, 0) is 0 Å². The molecule has 1 rings (SSSR count). The molecule has 0 saturated carbocycles. The summed E-state index contributed by atoms with van der Waals surface area (Å²) in [5.41, 5.74) is 1.03. The second-order valence-electron chi connectivity index (χ2n) is 2.02. The highest BCUT2D eigenvalue weighted by atomic mass is 79.9. The van der Waals surface area contributed by atoms with E-state index in [1.54, 1.807) is 6.07 Å². The van der Waals surface area contributed by atoms with Gasteiger partial charge in [-0.05, 0) is 40.5 Å². The zero-order valence-corrected chi connectivity index (χ0v) is 8.39. The molecule has 0 saturated heterocycles. The summed E-state index contributed by atoms with van der Waals surface area (Å²) in [4.78, 5) is 0. The zero-order chi connectivity index (χ0) is 7.72. The molecule has 0 atom stereocenters. The first-order valence-corrected chi connectivity index (χ1v) is 4.27. The highest BCUT2D eigenvalue weighted by molar-refractivity contribution is 9.10. The predicted octanol–water partition coefficient (Wildman–Crippen LogP) is 4.06. The van der Waals surface area contributed by atoms with Crippen molar-refractivity contribution in [3.63, 3.8) is 0 Å². The third-order valence-corrected chi connectivity index (χ3v) is 2.81. The molecule has 0 aliphatic heterocycles. The summed E-state index contributed by atoms with van der Waals surface area (Å²) in [5.74, 6) is 0. The number of hydrogen-bond acceptors (Lipinski definition) is 0. The first kappa shape index (κ1) is 8.38. The lowest BCUT2D eigenvalue weighted by Crippen LogP contribution is -1.75. The SMILES string of the molecule is Cc1cc(Br)c(Cl)cc1Cl. The van der Waals surface area contributed by atoms with Gasteiger partial charge in [0.25, 0.3) is 0 Å². The smallest absolute Gasteiger partial charge is 0.0563 e. The molecule has 10 heavy (non-hydrogen) atoms. The van der Waals surface area contributed by atoms with Crippen LogP contribution < -0.4 is 0 Å². The van der Waals surface area contributed by atoms with Gasteiger partial charge in [-0.3, -0.25) is 0 Å². The molecule has 0 amide bonds. The summed E-state index contributed by atoms with van der Waals surface area (Å²) in [6.07, 6.45) is 0. The Kier molecular flexibility index (Phi) is 2.61. The molecule has 0 bridgehead atoms. The van der Waals surface area contributed by atoms with Gasteiger partial charge in [-0.1, -0.05) is 23.2 Å². The van der Waals surface area contributed by atoms with Gasteiger partial charge in [0.2, 0.25) is 0 Å². The quantitative estimate of drug-likeness (QED) is 0.599. The molecule has 1 aromatic rings. The van der Waals surface area contributed by atoms with Crippen LogP contribution in [-0.4, -0.2) is 0 Å². The van der Waals surface area contributed by atoms with Crippen molar-refractivity contribution >= 4 is 39.1 Å². The van der Waals surface area contributed by atoms with E-state index in [2.05, 4.69) is 15.9 Å². The van der Waals surface area contributed by atoms with E-state index in [0.717, 1.165) is 10.0 Å². The maximum Gasteiger partial charge on any atom is 0.0563 e. The molecular weight excluding hydrogens is 235 g/mol. The van der Waals surface area contributed by atoms with Crippen molar-refractivity contribution < 1.29 is 0 Å².